The Labute approximate surface area is 109 Å². The highest BCUT2D eigenvalue weighted by Crippen LogP contribution is 2.30. The van der Waals surface area contributed by atoms with Gasteiger partial charge in [-0.25, -0.2) is 9.78 Å². The molecule has 0 saturated heterocycles. The van der Waals surface area contributed by atoms with Crippen molar-refractivity contribution in [1.82, 2.24) is 4.98 Å². The number of nitrogens with one attached hydrogen (secondary N) is 1. The molecule has 0 atom stereocenters. The van der Waals surface area contributed by atoms with Crippen LogP contribution >= 0.6 is 15.9 Å². The zero-order valence-electron chi connectivity index (χ0n) is 10.2. The number of pyridine rings is 1. The van der Waals surface area contributed by atoms with Crippen molar-refractivity contribution in [3.63, 3.8) is 0 Å². The molecule has 0 bridgehead atoms. The Morgan fingerprint density at radius 2 is 2.12 bits per heavy atom. The van der Waals surface area contributed by atoms with E-state index in [1.165, 1.54) is 7.11 Å². The van der Waals surface area contributed by atoms with E-state index in [2.05, 4.69) is 26.2 Å². The number of carbonyl (C=O) groups is 1. The number of nitrogens with zero attached hydrogens (tertiary/aromatic N) is 1. The molecule has 0 aliphatic rings. The van der Waals surface area contributed by atoms with Crippen molar-refractivity contribution in [3.05, 3.63) is 16.9 Å². The molecule has 1 rings (SSSR count). The number of carbonyl (C=O) groups excluding carboxylic acids is 1. The van der Waals surface area contributed by atoms with Gasteiger partial charge < -0.3 is 9.47 Å². The summed E-state index contributed by atoms with van der Waals surface area (Å²) in [5, 5.41) is 2.59. The van der Waals surface area contributed by atoms with E-state index in [0.29, 0.717) is 16.0 Å². The Kier molecular flexibility index (Phi) is 4.34. The zero-order valence-corrected chi connectivity index (χ0v) is 11.8. The molecule has 0 aromatic carbocycles. The number of amides is 1. The second-order valence-electron chi connectivity index (χ2n) is 4.31. The first-order chi connectivity index (χ1) is 7.83. The van der Waals surface area contributed by atoms with Gasteiger partial charge >= 0.3 is 6.09 Å². The van der Waals surface area contributed by atoms with Crippen molar-refractivity contribution in [2.75, 3.05) is 12.4 Å². The zero-order chi connectivity index (χ0) is 13.1. The second kappa shape index (κ2) is 5.35. The Hall–Kier alpha value is -1.30. The number of rotatable bonds is 2. The van der Waals surface area contributed by atoms with Crippen LogP contribution in [0.1, 0.15) is 20.8 Å². The number of ether oxygens (including phenoxy) is 2. The Bertz CT molecular complexity index is 416. The molecule has 1 aromatic rings. The molecule has 1 N–H and O–H groups in total. The van der Waals surface area contributed by atoms with Crippen LogP contribution in [0.2, 0.25) is 0 Å². The molecule has 1 aromatic heterocycles. The van der Waals surface area contributed by atoms with Gasteiger partial charge in [0.1, 0.15) is 21.6 Å². The summed E-state index contributed by atoms with van der Waals surface area (Å²) in [4.78, 5) is 15.6. The number of hydrogen-bond donors (Lipinski definition) is 1. The van der Waals surface area contributed by atoms with E-state index in [1.54, 1.807) is 33.0 Å². The van der Waals surface area contributed by atoms with Crippen LogP contribution in [0.5, 0.6) is 5.75 Å². The van der Waals surface area contributed by atoms with E-state index in [1.807, 2.05) is 0 Å². The predicted molar refractivity (Wildman–Crippen MR) is 68.3 cm³/mol. The fraction of sp³-hybridized carbons (Fsp3) is 0.455. The highest BCUT2D eigenvalue weighted by molar-refractivity contribution is 9.10. The fourth-order valence-electron chi connectivity index (χ4n) is 1.11. The van der Waals surface area contributed by atoms with E-state index < -0.39 is 11.7 Å². The smallest absolute Gasteiger partial charge is 0.412 e. The lowest BCUT2D eigenvalue weighted by atomic mass is 10.2. The Morgan fingerprint density at radius 3 is 2.65 bits per heavy atom. The van der Waals surface area contributed by atoms with Crippen molar-refractivity contribution in [2.45, 2.75) is 26.4 Å². The summed E-state index contributed by atoms with van der Waals surface area (Å²) < 4.78 is 10.7. The maximum atomic E-state index is 11.6. The fourth-order valence-corrected chi connectivity index (χ4v) is 1.52. The van der Waals surface area contributed by atoms with Crippen molar-refractivity contribution in [1.29, 1.82) is 0 Å². The summed E-state index contributed by atoms with van der Waals surface area (Å²) in [7, 11) is 1.52. The number of anilines is 1. The largest absolute Gasteiger partial charge is 0.494 e. The maximum absolute atomic E-state index is 11.6. The van der Waals surface area contributed by atoms with Gasteiger partial charge in [-0.05, 0) is 36.7 Å². The van der Waals surface area contributed by atoms with Crippen molar-refractivity contribution >= 4 is 27.7 Å². The summed E-state index contributed by atoms with van der Waals surface area (Å²) >= 11 is 3.23. The first-order valence-electron chi connectivity index (χ1n) is 5.02. The lowest BCUT2D eigenvalue weighted by Gasteiger charge is -2.20. The first kappa shape index (κ1) is 13.8. The number of hydrogen-bond acceptors (Lipinski definition) is 4. The molecule has 0 saturated carbocycles. The highest BCUT2D eigenvalue weighted by Gasteiger charge is 2.19. The number of halogens is 1. The minimum absolute atomic E-state index is 0.448. The molecule has 5 nitrogen and oxygen atoms in total. The molecule has 17 heavy (non-hydrogen) atoms. The van der Waals surface area contributed by atoms with Gasteiger partial charge in [0, 0.05) is 12.3 Å². The summed E-state index contributed by atoms with van der Waals surface area (Å²) in [6, 6.07) is 1.65. The number of aromatic nitrogens is 1. The molecule has 6 heteroatoms. The van der Waals surface area contributed by atoms with Gasteiger partial charge in [0.15, 0.2) is 0 Å². The Balaban J connectivity index is 2.84. The summed E-state index contributed by atoms with van der Waals surface area (Å²) in [5.74, 6) is 0.512. The average molecular weight is 303 g/mol. The van der Waals surface area contributed by atoms with Gasteiger partial charge in [-0.15, -0.1) is 0 Å². The lowest BCUT2D eigenvalue weighted by Crippen LogP contribution is -2.27. The lowest BCUT2D eigenvalue weighted by molar-refractivity contribution is 0.0635. The van der Waals surface area contributed by atoms with Gasteiger partial charge in [0.25, 0.3) is 0 Å². The average Bonchev–Trinajstić information content (AvgIpc) is 2.18. The molecule has 0 unspecified atom stereocenters. The van der Waals surface area contributed by atoms with Gasteiger partial charge in [0.05, 0.1) is 7.11 Å². The molecule has 94 valence electrons. The highest BCUT2D eigenvalue weighted by atomic mass is 79.9. The first-order valence-corrected chi connectivity index (χ1v) is 5.81. The SMILES string of the molecule is COc1ccnc(Br)c1NC(=O)OC(C)(C)C. The summed E-state index contributed by atoms with van der Waals surface area (Å²) in [6.45, 7) is 5.38. The van der Waals surface area contributed by atoms with E-state index in [0.717, 1.165) is 0 Å². The van der Waals surface area contributed by atoms with E-state index in [4.69, 9.17) is 9.47 Å². The van der Waals surface area contributed by atoms with Crippen molar-refractivity contribution in [2.24, 2.45) is 0 Å². The van der Waals surface area contributed by atoms with Crippen LogP contribution in [0, 0.1) is 0 Å². The van der Waals surface area contributed by atoms with Crippen LogP contribution in [-0.2, 0) is 4.74 Å². The Morgan fingerprint density at radius 1 is 1.47 bits per heavy atom. The molecule has 0 fully saturated rings. The van der Waals surface area contributed by atoms with Crippen LogP contribution in [0.25, 0.3) is 0 Å². The third-order valence-electron chi connectivity index (χ3n) is 1.71. The van der Waals surface area contributed by atoms with E-state index >= 15 is 0 Å². The summed E-state index contributed by atoms with van der Waals surface area (Å²) in [6.07, 6.45) is 1.02. The normalized spacial score (nSPS) is 10.9. The molecular formula is C11H15BrN2O3. The molecular weight excluding hydrogens is 288 g/mol. The van der Waals surface area contributed by atoms with Crippen LogP contribution < -0.4 is 10.1 Å². The molecule has 1 heterocycles. The monoisotopic (exact) mass is 302 g/mol. The van der Waals surface area contributed by atoms with Gasteiger partial charge in [-0.1, -0.05) is 0 Å². The molecule has 0 radical (unpaired) electrons. The number of methoxy groups -OCH3 is 1. The maximum Gasteiger partial charge on any atom is 0.412 e. The van der Waals surface area contributed by atoms with Crippen LogP contribution in [0.4, 0.5) is 10.5 Å². The summed E-state index contributed by atoms with van der Waals surface area (Å²) in [5.41, 5.74) is -0.101. The predicted octanol–water partition coefficient (Wildman–Crippen LogP) is 3.20. The second-order valence-corrected chi connectivity index (χ2v) is 5.06. The third-order valence-corrected chi connectivity index (χ3v) is 2.31. The van der Waals surface area contributed by atoms with Gasteiger partial charge in [-0.3, -0.25) is 5.32 Å². The molecule has 0 aliphatic carbocycles. The van der Waals surface area contributed by atoms with E-state index in [9.17, 15) is 4.79 Å². The topological polar surface area (TPSA) is 60.5 Å². The third kappa shape index (κ3) is 4.22. The molecule has 1 amide bonds. The van der Waals surface area contributed by atoms with Crippen molar-refractivity contribution in [3.8, 4) is 5.75 Å². The standard InChI is InChI=1S/C11H15BrN2O3/c1-11(2,3)17-10(15)14-8-7(16-4)5-6-13-9(8)12/h5-6H,1-4H3,(H,14,15). The molecule has 0 spiro atoms. The minimum Gasteiger partial charge on any atom is -0.494 e. The molecule has 0 aliphatic heterocycles. The van der Waals surface area contributed by atoms with Crippen LogP contribution in [0.15, 0.2) is 16.9 Å². The van der Waals surface area contributed by atoms with Crippen LogP contribution in [0.3, 0.4) is 0 Å². The van der Waals surface area contributed by atoms with Gasteiger partial charge in [0.2, 0.25) is 0 Å². The van der Waals surface area contributed by atoms with Crippen LogP contribution in [-0.4, -0.2) is 23.8 Å². The van der Waals surface area contributed by atoms with E-state index in [-0.39, 0.29) is 0 Å². The van der Waals surface area contributed by atoms with Gasteiger partial charge in [-0.2, -0.15) is 0 Å². The minimum atomic E-state index is -0.551. The quantitative estimate of drug-likeness (QED) is 0.852. The van der Waals surface area contributed by atoms with Crippen molar-refractivity contribution < 1.29 is 14.3 Å².